The summed E-state index contributed by atoms with van der Waals surface area (Å²) in [6.07, 6.45) is 1.66. The van der Waals surface area contributed by atoms with Gasteiger partial charge >= 0.3 is 0 Å². The van der Waals surface area contributed by atoms with Gasteiger partial charge in [0.25, 0.3) is 0 Å². The van der Waals surface area contributed by atoms with E-state index in [9.17, 15) is 0 Å². The third-order valence-corrected chi connectivity index (χ3v) is 3.87. The number of halogens is 3. The summed E-state index contributed by atoms with van der Waals surface area (Å²) >= 11 is 15.4. The Kier molecular flexibility index (Phi) is 4.67. The van der Waals surface area contributed by atoms with Crippen LogP contribution in [0.1, 0.15) is 0 Å². The third kappa shape index (κ3) is 3.80. The fourth-order valence-electron chi connectivity index (χ4n) is 2.02. The molecule has 0 radical (unpaired) electrons. The van der Waals surface area contributed by atoms with E-state index in [2.05, 4.69) is 20.9 Å². The zero-order chi connectivity index (χ0) is 15.5. The fraction of sp³-hybridized carbons (Fsp3) is 0. The number of aromatic nitrogens is 1. The van der Waals surface area contributed by atoms with Crippen molar-refractivity contribution in [1.29, 1.82) is 0 Å². The van der Waals surface area contributed by atoms with E-state index in [1.807, 2.05) is 48.5 Å². The van der Waals surface area contributed by atoms with E-state index in [1.54, 1.807) is 12.3 Å². The minimum absolute atomic E-state index is 0.603. The summed E-state index contributed by atoms with van der Waals surface area (Å²) < 4.78 is 6.57. The highest BCUT2D eigenvalue weighted by molar-refractivity contribution is 9.10. The summed E-state index contributed by atoms with van der Waals surface area (Å²) in [6.45, 7) is 0. The zero-order valence-corrected chi connectivity index (χ0v) is 14.4. The molecule has 0 aliphatic heterocycles. The number of hydrogen-bond donors (Lipinski definition) is 0. The molecule has 0 saturated heterocycles. The lowest BCUT2D eigenvalue weighted by atomic mass is 10.1. The minimum atomic E-state index is 0.603. The van der Waals surface area contributed by atoms with Crippen LogP contribution in [0.25, 0.3) is 11.1 Å². The quantitative estimate of drug-likeness (QED) is 0.466. The molecule has 0 aliphatic carbocycles. The van der Waals surface area contributed by atoms with Gasteiger partial charge in [-0.25, -0.2) is 4.98 Å². The lowest BCUT2D eigenvalue weighted by molar-refractivity contribution is 0.480. The average molecular weight is 395 g/mol. The van der Waals surface area contributed by atoms with Crippen molar-refractivity contribution in [3.05, 3.63) is 75.4 Å². The van der Waals surface area contributed by atoms with Gasteiger partial charge in [-0.3, -0.25) is 0 Å². The monoisotopic (exact) mass is 393 g/mol. The molecule has 0 aliphatic rings. The predicted octanol–water partition coefficient (Wildman–Crippen LogP) is 6.61. The maximum atomic E-state index is 6.06. The second kappa shape index (κ2) is 6.69. The Balaban J connectivity index is 1.90. The lowest BCUT2D eigenvalue weighted by Crippen LogP contribution is -1.86. The molecule has 2 aromatic carbocycles. The predicted molar refractivity (Wildman–Crippen MR) is 93.9 cm³/mol. The van der Waals surface area contributed by atoms with Crippen LogP contribution in [0.4, 0.5) is 0 Å². The van der Waals surface area contributed by atoms with E-state index in [0.29, 0.717) is 15.8 Å². The highest BCUT2D eigenvalue weighted by atomic mass is 79.9. The van der Waals surface area contributed by atoms with Crippen LogP contribution in [-0.2, 0) is 0 Å². The summed E-state index contributed by atoms with van der Waals surface area (Å²) in [6, 6.07) is 16.8. The fourth-order valence-corrected chi connectivity index (χ4v) is 2.78. The van der Waals surface area contributed by atoms with Crippen molar-refractivity contribution >= 4 is 39.1 Å². The van der Waals surface area contributed by atoms with Crippen LogP contribution in [0, 0.1) is 0 Å². The first-order valence-electron chi connectivity index (χ1n) is 6.46. The molecule has 0 unspecified atom stereocenters. The van der Waals surface area contributed by atoms with Crippen LogP contribution in [-0.4, -0.2) is 4.98 Å². The van der Waals surface area contributed by atoms with Crippen LogP contribution in [0.15, 0.2) is 65.4 Å². The molecule has 3 aromatic rings. The normalized spacial score (nSPS) is 10.5. The zero-order valence-electron chi connectivity index (χ0n) is 11.3. The Morgan fingerprint density at radius 1 is 0.818 bits per heavy atom. The first-order valence-corrected chi connectivity index (χ1v) is 8.01. The molecule has 110 valence electrons. The van der Waals surface area contributed by atoms with E-state index < -0.39 is 0 Å². The van der Waals surface area contributed by atoms with Crippen molar-refractivity contribution in [3.8, 4) is 22.6 Å². The molecule has 1 aromatic heterocycles. The number of benzene rings is 2. The topological polar surface area (TPSA) is 22.1 Å². The summed E-state index contributed by atoms with van der Waals surface area (Å²) in [4.78, 5) is 4.14. The van der Waals surface area contributed by atoms with Crippen molar-refractivity contribution in [2.45, 2.75) is 0 Å². The van der Waals surface area contributed by atoms with E-state index in [1.165, 1.54) is 0 Å². The van der Waals surface area contributed by atoms with Crippen LogP contribution in [0.2, 0.25) is 10.0 Å². The van der Waals surface area contributed by atoms with Gasteiger partial charge in [0, 0.05) is 10.0 Å². The molecule has 0 spiro atoms. The molecule has 0 saturated carbocycles. The largest absolute Gasteiger partial charge is 0.456 e. The van der Waals surface area contributed by atoms with Gasteiger partial charge in [-0.05, 0) is 69.5 Å². The second-order valence-corrected chi connectivity index (χ2v) is 6.29. The smallest absolute Gasteiger partial charge is 0.145 e. The Hall–Kier alpha value is -1.55. The van der Waals surface area contributed by atoms with Crippen LogP contribution in [0.3, 0.4) is 0 Å². The molecule has 0 N–H and O–H groups in total. The first kappa shape index (κ1) is 15.3. The number of hydrogen-bond acceptors (Lipinski definition) is 2. The van der Waals surface area contributed by atoms with Crippen LogP contribution in [0.5, 0.6) is 11.5 Å². The molecule has 2 nitrogen and oxygen atoms in total. The first-order chi connectivity index (χ1) is 10.6. The van der Waals surface area contributed by atoms with Gasteiger partial charge in [0.05, 0.1) is 6.20 Å². The number of nitrogens with zero attached hydrogens (tertiary/aromatic N) is 1. The molecule has 0 amide bonds. The second-order valence-electron chi connectivity index (χ2n) is 4.60. The Morgan fingerprint density at radius 3 is 2.27 bits per heavy atom. The van der Waals surface area contributed by atoms with E-state index in [0.717, 1.165) is 21.5 Å². The van der Waals surface area contributed by atoms with E-state index in [4.69, 9.17) is 27.9 Å². The number of rotatable bonds is 3. The third-order valence-electron chi connectivity index (χ3n) is 2.97. The number of pyridine rings is 1. The van der Waals surface area contributed by atoms with Crippen molar-refractivity contribution in [3.63, 3.8) is 0 Å². The van der Waals surface area contributed by atoms with Gasteiger partial charge in [0.15, 0.2) is 0 Å². The van der Waals surface area contributed by atoms with Gasteiger partial charge in [0.1, 0.15) is 16.1 Å². The van der Waals surface area contributed by atoms with Crippen molar-refractivity contribution in [2.75, 3.05) is 0 Å². The van der Waals surface area contributed by atoms with Crippen molar-refractivity contribution in [2.24, 2.45) is 0 Å². The SMILES string of the molecule is Clc1cc(Cl)cc(-c2cccc(Oc3ccc(Br)nc3)c2)c1. The molecular formula is C17H10BrCl2NO. The standard InChI is InChI=1S/C17H10BrCl2NO/c18-17-5-4-16(10-21-17)22-15-3-1-2-11(8-15)12-6-13(19)9-14(20)7-12/h1-10H. The summed E-state index contributed by atoms with van der Waals surface area (Å²) in [5.41, 5.74) is 1.92. The van der Waals surface area contributed by atoms with Crippen molar-refractivity contribution in [1.82, 2.24) is 4.98 Å². The van der Waals surface area contributed by atoms with Gasteiger partial charge in [-0.1, -0.05) is 35.3 Å². The highest BCUT2D eigenvalue weighted by Gasteiger charge is 2.04. The van der Waals surface area contributed by atoms with Gasteiger partial charge < -0.3 is 4.74 Å². The maximum absolute atomic E-state index is 6.06. The Labute approximate surface area is 146 Å². The van der Waals surface area contributed by atoms with Crippen LogP contribution >= 0.6 is 39.1 Å². The van der Waals surface area contributed by atoms with Crippen LogP contribution < -0.4 is 4.74 Å². The molecule has 22 heavy (non-hydrogen) atoms. The highest BCUT2D eigenvalue weighted by Crippen LogP contribution is 2.30. The molecule has 0 atom stereocenters. The lowest BCUT2D eigenvalue weighted by Gasteiger charge is -2.08. The minimum Gasteiger partial charge on any atom is -0.456 e. The molecule has 0 bridgehead atoms. The summed E-state index contributed by atoms with van der Waals surface area (Å²) in [7, 11) is 0. The molecule has 0 fully saturated rings. The molecule has 1 heterocycles. The van der Waals surface area contributed by atoms with E-state index >= 15 is 0 Å². The summed E-state index contributed by atoms with van der Waals surface area (Å²) in [5.74, 6) is 1.39. The van der Waals surface area contributed by atoms with Crippen molar-refractivity contribution < 1.29 is 4.74 Å². The molecular weight excluding hydrogens is 385 g/mol. The molecule has 5 heteroatoms. The maximum Gasteiger partial charge on any atom is 0.145 e. The van der Waals surface area contributed by atoms with Gasteiger partial charge in [-0.15, -0.1) is 0 Å². The Morgan fingerprint density at radius 2 is 1.59 bits per heavy atom. The average Bonchev–Trinajstić information content (AvgIpc) is 2.49. The summed E-state index contributed by atoms with van der Waals surface area (Å²) in [5, 5.41) is 1.21. The van der Waals surface area contributed by atoms with Gasteiger partial charge in [0.2, 0.25) is 0 Å². The van der Waals surface area contributed by atoms with Gasteiger partial charge in [-0.2, -0.15) is 0 Å². The Bertz CT molecular complexity index is 786. The molecule has 3 rings (SSSR count). The number of ether oxygens (including phenoxy) is 1. The van der Waals surface area contributed by atoms with E-state index in [-0.39, 0.29) is 0 Å².